The van der Waals surface area contributed by atoms with Gasteiger partial charge in [-0.25, -0.2) is 9.37 Å². The number of nitrogens with two attached hydrogens (primary N) is 1. The van der Waals surface area contributed by atoms with E-state index in [-0.39, 0.29) is 17.8 Å². The number of imidazole rings is 1. The number of likely N-dealkylation sites (tertiary alicyclic amines) is 1. The molecule has 3 N–H and O–H groups in total. The Balaban J connectivity index is 1.84. The van der Waals surface area contributed by atoms with Crippen molar-refractivity contribution in [2.24, 2.45) is 5.73 Å². The number of aromatic nitrogens is 2. The fourth-order valence-electron chi connectivity index (χ4n) is 2.86. The van der Waals surface area contributed by atoms with Crippen LogP contribution in [0.3, 0.4) is 0 Å². The summed E-state index contributed by atoms with van der Waals surface area (Å²) in [5.74, 6) is 0.432. The molecule has 0 radical (unpaired) electrons. The zero-order chi connectivity index (χ0) is 15.7. The van der Waals surface area contributed by atoms with E-state index >= 15 is 0 Å². The van der Waals surface area contributed by atoms with Crippen molar-refractivity contribution in [1.82, 2.24) is 14.9 Å². The lowest BCUT2D eigenvalue weighted by atomic mass is 10.1. The Morgan fingerprint density at radius 2 is 2.18 bits per heavy atom. The molecular formula is C16H19FN4O. The number of nitrogens with one attached hydrogen (secondary N) is 1. The third kappa shape index (κ3) is 2.74. The molecule has 1 aromatic carbocycles. The van der Waals surface area contributed by atoms with Crippen LogP contribution in [0.25, 0.3) is 11.3 Å². The van der Waals surface area contributed by atoms with Gasteiger partial charge < -0.3 is 15.6 Å². The first-order chi connectivity index (χ1) is 10.6. The molecule has 2 atom stereocenters. The molecule has 6 heteroatoms. The molecule has 1 aliphatic heterocycles. The molecular weight excluding hydrogens is 283 g/mol. The molecule has 2 heterocycles. The van der Waals surface area contributed by atoms with Crippen LogP contribution in [0.15, 0.2) is 30.5 Å². The monoisotopic (exact) mass is 302 g/mol. The van der Waals surface area contributed by atoms with Crippen molar-refractivity contribution in [2.75, 3.05) is 6.54 Å². The summed E-state index contributed by atoms with van der Waals surface area (Å²) in [6.07, 6.45) is 3.53. The number of amides is 1. The maximum absolute atomic E-state index is 13.0. The minimum absolute atomic E-state index is 0.0535. The minimum atomic E-state index is -0.507. The van der Waals surface area contributed by atoms with Crippen molar-refractivity contribution in [2.45, 2.75) is 31.8 Å². The maximum atomic E-state index is 13.0. The molecule has 0 spiro atoms. The van der Waals surface area contributed by atoms with Gasteiger partial charge in [0.1, 0.15) is 11.6 Å². The van der Waals surface area contributed by atoms with Crippen LogP contribution in [-0.4, -0.2) is 33.4 Å². The van der Waals surface area contributed by atoms with Crippen LogP contribution >= 0.6 is 0 Å². The zero-order valence-corrected chi connectivity index (χ0v) is 12.4. The third-order valence-corrected chi connectivity index (χ3v) is 3.99. The number of H-pyrrole nitrogens is 1. The van der Waals surface area contributed by atoms with Crippen molar-refractivity contribution in [3.05, 3.63) is 42.1 Å². The van der Waals surface area contributed by atoms with Crippen LogP contribution in [0.5, 0.6) is 0 Å². The molecule has 1 saturated heterocycles. The van der Waals surface area contributed by atoms with E-state index < -0.39 is 6.04 Å². The van der Waals surface area contributed by atoms with Crippen molar-refractivity contribution in [1.29, 1.82) is 0 Å². The summed E-state index contributed by atoms with van der Waals surface area (Å²) < 4.78 is 13.0. The molecule has 0 aliphatic carbocycles. The summed E-state index contributed by atoms with van der Waals surface area (Å²) in [5, 5.41) is 0. The molecule has 2 aromatic rings. The Morgan fingerprint density at radius 1 is 1.45 bits per heavy atom. The molecule has 1 aromatic heterocycles. The number of aromatic amines is 1. The van der Waals surface area contributed by atoms with Gasteiger partial charge in [0.2, 0.25) is 5.91 Å². The molecule has 1 fully saturated rings. The number of benzene rings is 1. The van der Waals surface area contributed by atoms with Gasteiger partial charge in [0, 0.05) is 6.54 Å². The number of nitrogens with zero attached hydrogens (tertiary/aromatic N) is 2. The molecule has 0 saturated carbocycles. The second-order valence-corrected chi connectivity index (χ2v) is 5.67. The molecule has 5 nitrogen and oxygen atoms in total. The lowest BCUT2D eigenvalue weighted by Crippen LogP contribution is -2.41. The SMILES string of the molecule is C[C@@H](N)C(=O)N1CCCC1c1ncc(-c2ccc(F)cc2)[nH]1. The number of carbonyl (C=O) groups excluding carboxylic acids is 1. The van der Waals surface area contributed by atoms with E-state index in [9.17, 15) is 9.18 Å². The minimum Gasteiger partial charge on any atom is -0.340 e. The second-order valence-electron chi connectivity index (χ2n) is 5.67. The number of hydrogen-bond acceptors (Lipinski definition) is 3. The molecule has 1 amide bonds. The quantitative estimate of drug-likeness (QED) is 0.913. The highest BCUT2D eigenvalue weighted by atomic mass is 19.1. The van der Waals surface area contributed by atoms with Crippen LogP contribution in [0.4, 0.5) is 4.39 Å². The van der Waals surface area contributed by atoms with Gasteiger partial charge in [-0.05, 0) is 49.6 Å². The largest absolute Gasteiger partial charge is 0.340 e. The average Bonchev–Trinajstić information content (AvgIpc) is 3.15. The van der Waals surface area contributed by atoms with Crippen molar-refractivity contribution >= 4 is 5.91 Å². The van der Waals surface area contributed by atoms with Crippen molar-refractivity contribution in [3.8, 4) is 11.3 Å². The standard InChI is InChI=1S/C16H19FN4O/c1-10(18)16(22)21-8-2-3-14(21)15-19-9-13(20-15)11-4-6-12(17)7-5-11/h4-7,9-10,14H,2-3,8,18H2,1H3,(H,19,20)/t10-,14?/m1/s1. The number of halogens is 1. The summed E-state index contributed by atoms with van der Waals surface area (Å²) in [6.45, 7) is 2.40. The molecule has 1 unspecified atom stereocenters. The van der Waals surface area contributed by atoms with E-state index in [1.54, 1.807) is 30.2 Å². The molecule has 22 heavy (non-hydrogen) atoms. The van der Waals surface area contributed by atoms with E-state index in [1.807, 2.05) is 0 Å². The zero-order valence-electron chi connectivity index (χ0n) is 12.4. The summed E-state index contributed by atoms with van der Waals surface area (Å²) in [5.41, 5.74) is 7.39. The molecule has 0 bridgehead atoms. The third-order valence-electron chi connectivity index (χ3n) is 3.99. The average molecular weight is 302 g/mol. The van der Waals surface area contributed by atoms with E-state index in [0.29, 0.717) is 6.54 Å². The smallest absolute Gasteiger partial charge is 0.239 e. The van der Waals surface area contributed by atoms with Gasteiger partial charge in [-0.15, -0.1) is 0 Å². The first kappa shape index (κ1) is 14.7. The first-order valence-corrected chi connectivity index (χ1v) is 7.43. The van der Waals surface area contributed by atoms with Gasteiger partial charge in [0.05, 0.1) is 24.0 Å². The summed E-state index contributed by atoms with van der Waals surface area (Å²) in [4.78, 5) is 21.6. The van der Waals surface area contributed by atoms with Crippen LogP contribution < -0.4 is 5.73 Å². The van der Waals surface area contributed by atoms with Crippen LogP contribution in [-0.2, 0) is 4.79 Å². The fourth-order valence-corrected chi connectivity index (χ4v) is 2.86. The summed E-state index contributed by atoms with van der Waals surface area (Å²) >= 11 is 0. The number of carbonyl (C=O) groups is 1. The van der Waals surface area contributed by atoms with E-state index in [1.165, 1.54) is 12.1 Å². The Hall–Kier alpha value is -2.21. The summed E-state index contributed by atoms with van der Waals surface area (Å²) in [7, 11) is 0. The van der Waals surface area contributed by atoms with Gasteiger partial charge in [-0.3, -0.25) is 4.79 Å². The van der Waals surface area contributed by atoms with Gasteiger partial charge in [0.25, 0.3) is 0 Å². The normalized spacial score (nSPS) is 19.4. The van der Waals surface area contributed by atoms with Crippen molar-refractivity contribution < 1.29 is 9.18 Å². The Morgan fingerprint density at radius 3 is 2.86 bits per heavy atom. The molecule has 116 valence electrons. The van der Waals surface area contributed by atoms with Gasteiger partial charge >= 0.3 is 0 Å². The van der Waals surface area contributed by atoms with E-state index in [0.717, 1.165) is 29.9 Å². The maximum Gasteiger partial charge on any atom is 0.239 e. The number of rotatable bonds is 3. The highest BCUT2D eigenvalue weighted by molar-refractivity contribution is 5.81. The first-order valence-electron chi connectivity index (χ1n) is 7.43. The predicted octanol–water partition coefficient (Wildman–Crippen LogP) is 2.23. The van der Waals surface area contributed by atoms with Crippen molar-refractivity contribution in [3.63, 3.8) is 0 Å². The van der Waals surface area contributed by atoms with Crippen LogP contribution in [0.2, 0.25) is 0 Å². The summed E-state index contributed by atoms with van der Waals surface area (Å²) in [6, 6.07) is 5.66. The Labute approximate surface area is 128 Å². The van der Waals surface area contributed by atoms with E-state index in [2.05, 4.69) is 9.97 Å². The Kier molecular flexibility index (Phi) is 3.94. The topological polar surface area (TPSA) is 75.0 Å². The second kappa shape index (κ2) is 5.88. The predicted molar refractivity (Wildman–Crippen MR) is 81.3 cm³/mol. The van der Waals surface area contributed by atoms with Gasteiger partial charge in [0.15, 0.2) is 0 Å². The molecule has 3 rings (SSSR count). The van der Waals surface area contributed by atoms with Gasteiger partial charge in [-0.2, -0.15) is 0 Å². The Bertz CT molecular complexity index is 665. The lowest BCUT2D eigenvalue weighted by Gasteiger charge is -2.24. The highest BCUT2D eigenvalue weighted by Gasteiger charge is 2.33. The van der Waals surface area contributed by atoms with Crippen LogP contribution in [0, 0.1) is 5.82 Å². The highest BCUT2D eigenvalue weighted by Crippen LogP contribution is 2.31. The van der Waals surface area contributed by atoms with Gasteiger partial charge in [-0.1, -0.05) is 0 Å². The fraction of sp³-hybridized carbons (Fsp3) is 0.375. The lowest BCUT2D eigenvalue weighted by molar-refractivity contribution is -0.133. The molecule has 1 aliphatic rings. The van der Waals surface area contributed by atoms with Crippen LogP contribution in [0.1, 0.15) is 31.6 Å². The number of hydrogen-bond donors (Lipinski definition) is 2. The van der Waals surface area contributed by atoms with E-state index in [4.69, 9.17) is 5.73 Å².